The van der Waals surface area contributed by atoms with Crippen molar-refractivity contribution in [2.75, 3.05) is 25.5 Å². The van der Waals surface area contributed by atoms with E-state index in [-0.39, 0.29) is 6.04 Å². The van der Waals surface area contributed by atoms with Gasteiger partial charge in [-0.05, 0) is 12.8 Å². The summed E-state index contributed by atoms with van der Waals surface area (Å²) in [5.41, 5.74) is 0. The van der Waals surface area contributed by atoms with Crippen LogP contribution in [0.4, 0.5) is 0 Å². The second-order valence-corrected chi connectivity index (χ2v) is 9.57. The van der Waals surface area contributed by atoms with Gasteiger partial charge in [0, 0.05) is 42.1 Å². The van der Waals surface area contributed by atoms with E-state index in [4.69, 9.17) is 11.6 Å². The van der Waals surface area contributed by atoms with Gasteiger partial charge in [-0.15, -0.1) is 11.6 Å². The maximum Gasteiger partial charge on any atom is 0.282 e. The zero-order chi connectivity index (χ0) is 14.0. The lowest BCUT2D eigenvalue weighted by Gasteiger charge is -2.40. The summed E-state index contributed by atoms with van der Waals surface area (Å²) in [6.07, 6.45) is 2.91. The highest BCUT2D eigenvalue weighted by molar-refractivity contribution is 8.00. The summed E-state index contributed by atoms with van der Waals surface area (Å²) in [7, 11) is -3.34. The van der Waals surface area contributed by atoms with Crippen LogP contribution >= 0.6 is 23.4 Å². The molecule has 7 heteroatoms. The Morgan fingerprint density at radius 1 is 1.21 bits per heavy atom. The van der Waals surface area contributed by atoms with E-state index >= 15 is 0 Å². The molecule has 0 bridgehead atoms. The number of piperidine rings is 1. The zero-order valence-corrected chi connectivity index (χ0v) is 14.0. The van der Waals surface area contributed by atoms with Crippen LogP contribution in [0.15, 0.2) is 0 Å². The Labute approximate surface area is 126 Å². The van der Waals surface area contributed by atoms with Gasteiger partial charge >= 0.3 is 0 Å². The molecule has 2 fully saturated rings. The van der Waals surface area contributed by atoms with Crippen LogP contribution in [0.2, 0.25) is 0 Å². The van der Waals surface area contributed by atoms with Crippen molar-refractivity contribution < 1.29 is 8.42 Å². The maximum atomic E-state index is 12.8. The molecule has 0 N–H and O–H groups in total. The van der Waals surface area contributed by atoms with Crippen molar-refractivity contribution in [2.24, 2.45) is 0 Å². The third-order valence-electron chi connectivity index (χ3n) is 3.76. The van der Waals surface area contributed by atoms with Crippen molar-refractivity contribution in [3.05, 3.63) is 0 Å². The largest absolute Gasteiger partial charge is 0.282 e. The standard InChI is InChI=1S/C12H23ClN2O2S2/c1-10-8-14(9-11(2)18-10)19(16,17)15-6-4-3-5-12(15)7-13/h10-12H,3-9H2,1-2H3. The lowest BCUT2D eigenvalue weighted by atomic mass is 10.1. The Kier molecular flexibility index (Phi) is 5.45. The van der Waals surface area contributed by atoms with Gasteiger partial charge < -0.3 is 0 Å². The van der Waals surface area contributed by atoms with E-state index in [1.807, 2.05) is 11.8 Å². The summed E-state index contributed by atoms with van der Waals surface area (Å²) in [6, 6.07) is -0.0272. The first-order chi connectivity index (χ1) is 8.95. The molecule has 0 saturated carbocycles. The number of hydrogen-bond acceptors (Lipinski definition) is 3. The van der Waals surface area contributed by atoms with E-state index in [0.29, 0.717) is 36.0 Å². The molecule has 2 rings (SSSR count). The summed E-state index contributed by atoms with van der Waals surface area (Å²) in [4.78, 5) is 0. The fraction of sp³-hybridized carbons (Fsp3) is 1.00. The van der Waals surface area contributed by atoms with E-state index in [1.54, 1.807) is 8.61 Å². The Morgan fingerprint density at radius 2 is 1.84 bits per heavy atom. The molecule has 19 heavy (non-hydrogen) atoms. The first-order valence-corrected chi connectivity index (χ1v) is 9.81. The van der Waals surface area contributed by atoms with Crippen molar-refractivity contribution >= 4 is 33.6 Å². The van der Waals surface area contributed by atoms with Gasteiger partial charge in [0.25, 0.3) is 10.2 Å². The molecule has 2 aliphatic rings. The van der Waals surface area contributed by atoms with Crippen LogP contribution in [0, 0.1) is 0 Å². The molecule has 2 saturated heterocycles. The fourth-order valence-electron chi connectivity index (χ4n) is 2.90. The molecular weight excluding hydrogens is 304 g/mol. The minimum Gasteiger partial charge on any atom is -0.195 e. The van der Waals surface area contributed by atoms with E-state index in [0.717, 1.165) is 19.3 Å². The minimum atomic E-state index is -3.34. The molecule has 3 atom stereocenters. The van der Waals surface area contributed by atoms with Crippen LogP contribution < -0.4 is 0 Å². The molecule has 0 aromatic heterocycles. The summed E-state index contributed by atoms with van der Waals surface area (Å²) in [5, 5.41) is 0.718. The van der Waals surface area contributed by atoms with E-state index in [2.05, 4.69) is 13.8 Å². The van der Waals surface area contributed by atoms with Crippen molar-refractivity contribution in [3.8, 4) is 0 Å². The smallest absolute Gasteiger partial charge is 0.195 e. The third-order valence-corrected chi connectivity index (χ3v) is 7.37. The number of thioether (sulfide) groups is 1. The predicted molar refractivity (Wildman–Crippen MR) is 82.1 cm³/mol. The Morgan fingerprint density at radius 3 is 2.42 bits per heavy atom. The molecule has 4 nitrogen and oxygen atoms in total. The van der Waals surface area contributed by atoms with Crippen molar-refractivity contribution in [2.45, 2.75) is 49.7 Å². The third kappa shape index (κ3) is 3.59. The Bertz CT molecular complexity index is 395. The molecule has 2 aliphatic heterocycles. The minimum absolute atomic E-state index is 0.0272. The molecule has 3 unspecified atom stereocenters. The van der Waals surface area contributed by atoms with Gasteiger partial charge in [0.2, 0.25) is 0 Å². The number of hydrogen-bond donors (Lipinski definition) is 0. The second-order valence-electron chi connectivity index (χ2n) is 5.50. The number of rotatable bonds is 3. The molecular formula is C12H23ClN2O2S2. The van der Waals surface area contributed by atoms with E-state index < -0.39 is 10.2 Å². The van der Waals surface area contributed by atoms with Crippen LogP contribution in [-0.2, 0) is 10.2 Å². The number of nitrogens with zero attached hydrogens (tertiary/aromatic N) is 2. The molecule has 0 radical (unpaired) electrons. The van der Waals surface area contributed by atoms with E-state index in [1.165, 1.54) is 0 Å². The monoisotopic (exact) mass is 326 g/mol. The molecule has 0 aromatic carbocycles. The second kappa shape index (κ2) is 6.52. The Balaban J connectivity index is 2.16. The summed E-state index contributed by atoms with van der Waals surface area (Å²) in [5.74, 6) is 0.396. The van der Waals surface area contributed by atoms with E-state index in [9.17, 15) is 8.42 Å². The number of alkyl halides is 1. The maximum absolute atomic E-state index is 12.8. The zero-order valence-electron chi connectivity index (χ0n) is 11.6. The van der Waals surface area contributed by atoms with Gasteiger partial charge in [0.15, 0.2) is 0 Å². The van der Waals surface area contributed by atoms with Gasteiger partial charge in [0.05, 0.1) is 0 Å². The first kappa shape index (κ1) is 15.9. The molecule has 2 heterocycles. The average Bonchev–Trinajstić information content (AvgIpc) is 2.37. The van der Waals surface area contributed by atoms with Crippen molar-refractivity contribution in [3.63, 3.8) is 0 Å². The topological polar surface area (TPSA) is 40.6 Å². The molecule has 0 aliphatic carbocycles. The molecule has 0 aromatic rings. The van der Waals surface area contributed by atoms with Crippen LogP contribution in [0.3, 0.4) is 0 Å². The van der Waals surface area contributed by atoms with Crippen LogP contribution in [0.1, 0.15) is 33.1 Å². The van der Waals surface area contributed by atoms with Crippen molar-refractivity contribution in [1.82, 2.24) is 8.61 Å². The van der Waals surface area contributed by atoms with Crippen LogP contribution in [-0.4, -0.2) is 59.1 Å². The van der Waals surface area contributed by atoms with Gasteiger partial charge in [-0.2, -0.15) is 28.8 Å². The highest BCUT2D eigenvalue weighted by atomic mass is 35.5. The lowest BCUT2D eigenvalue weighted by Crippen LogP contribution is -2.55. The normalized spacial score (nSPS) is 35.4. The summed E-state index contributed by atoms with van der Waals surface area (Å²) < 4.78 is 28.9. The molecule has 0 spiro atoms. The highest BCUT2D eigenvalue weighted by Crippen LogP contribution is 2.30. The number of halogens is 1. The molecule has 112 valence electrons. The summed E-state index contributed by atoms with van der Waals surface area (Å²) >= 11 is 7.81. The Hall–Kier alpha value is 0.510. The first-order valence-electron chi connectivity index (χ1n) is 6.93. The van der Waals surface area contributed by atoms with Crippen LogP contribution in [0.5, 0.6) is 0 Å². The molecule has 0 amide bonds. The lowest BCUT2D eigenvalue weighted by molar-refractivity contribution is 0.245. The predicted octanol–water partition coefficient (Wildman–Crippen LogP) is 2.15. The summed E-state index contributed by atoms with van der Waals surface area (Å²) in [6.45, 7) is 6.04. The van der Waals surface area contributed by atoms with Gasteiger partial charge in [0.1, 0.15) is 0 Å². The highest BCUT2D eigenvalue weighted by Gasteiger charge is 2.39. The fourth-order valence-corrected chi connectivity index (χ4v) is 6.85. The van der Waals surface area contributed by atoms with Crippen LogP contribution in [0.25, 0.3) is 0 Å². The van der Waals surface area contributed by atoms with Gasteiger partial charge in [-0.3, -0.25) is 0 Å². The average molecular weight is 327 g/mol. The quantitative estimate of drug-likeness (QED) is 0.746. The van der Waals surface area contributed by atoms with Crippen molar-refractivity contribution in [1.29, 1.82) is 0 Å². The van der Waals surface area contributed by atoms with Gasteiger partial charge in [-0.25, -0.2) is 0 Å². The van der Waals surface area contributed by atoms with Gasteiger partial charge in [-0.1, -0.05) is 20.3 Å². The SMILES string of the molecule is CC1CN(S(=O)(=O)N2CCCCC2CCl)CC(C)S1.